The maximum absolute atomic E-state index is 12.7. The molecule has 0 radical (unpaired) electrons. The van der Waals surface area contributed by atoms with Crippen molar-refractivity contribution >= 4 is 26.0 Å². The van der Waals surface area contributed by atoms with Gasteiger partial charge < -0.3 is 18.9 Å². The second-order valence-corrected chi connectivity index (χ2v) is 8.48. The highest BCUT2D eigenvalue weighted by Gasteiger charge is 2.55. The fraction of sp³-hybridized carbons (Fsp3) is 0.600. The van der Waals surface area contributed by atoms with Crippen LogP contribution in [0.25, 0.3) is 0 Å². The van der Waals surface area contributed by atoms with E-state index in [0.29, 0.717) is 5.56 Å². The van der Waals surface area contributed by atoms with Crippen LogP contribution in [0.2, 0.25) is 0 Å². The number of ether oxygens (including phenoxy) is 4. The molecule has 0 aromatic heterocycles. The molecule has 0 N–H and O–H groups in total. The molecule has 2 heterocycles. The van der Waals surface area contributed by atoms with Crippen molar-refractivity contribution in [3.05, 3.63) is 35.9 Å². The minimum absolute atomic E-state index is 0.0743. The number of benzene rings is 1. The van der Waals surface area contributed by atoms with Crippen LogP contribution in [-0.4, -0.2) is 57.1 Å². The molecular formula is C15H16BrF3O7S. The summed E-state index contributed by atoms with van der Waals surface area (Å²) in [5.41, 5.74) is -4.87. The van der Waals surface area contributed by atoms with E-state index in [1.165, 1.54) is 7.11 Å². The van der Waals surface area contributed by atoms with Gasteiger partial charge in [0.1, 0.15) is 18.3 Å². The number of alkyl halides is 4. The highest BCUT2D eigenvalue weighted by molar-refractivity contribution is 9.09. The van der Waals surface area contributed by atoms with Crippen LogP contribution in [0.5, 0.6) is 0 Å². The van der Waals surface area contributed by atoms with E-state index in [1.807, 2.05) is 0 Å². The van der Waals surface area contributed by atoms with Gasteiger partial charge in [-0.1, -0.05) is 46.3 Å². The molecule has 0 spiro atoms. The summed E-state index contributed by atoms with van der Waals surface area (Å²) in [6.07, 6.45) is -5.28. The van der Waals surface area contributed by atoms with Gasteiger partial charge in [-0.15, -0.1) is 0 Å². The average molecular weight is 477 g/mol. The molecule has 0 aliphatic carbocycles. The van der Waals surface area contributed by atoms with Gasteiger partial charge in [0.2, 0.25) is 0 Å². The third-order valence-electron chi connectivity index (χ3n) is 4.09. The number of hydrogen-bond acceptors (Lipinski definition) is 7. The largest absolute Gasteiger partial charge is 0.523 e. The van der Waals surface area contributed by atoms with E-state index < -0.39 is 51.3 Å². The predicted octanol–water partition coefficient (Wildman–Crippen LogP) is 2.47. The van der Waals surface area contributed by atoms with E-state index in [0.717, 1.165) is 0 Å². The van der Waals surface area contributed by atoms with Crippen molar-refractivity contribution in [2.75, 3.05) is 13.7 Å². The third kappa shape index (κ3) is 4.31. The molecule has 0 bridgehead atoms. The normalized spacial score (nSPS) is 34.9. The zero-order chi connectivity index (χ0) is 19.8. The van der Waals surface area contributed by atoms with Gasteiger partial charge in [-0.05, 0) is 0 Å². The van der Waals surface area contributed by atoms with E-state index >= 15 is 0 Å². The lowest BCUT2D eigenvalue weighted by molar-refractivity contribution is -0.327. The van der Waals surface area contributed by atoms with Crippen molar-refractivity contribution in [2.45, 2.75) is 41.2 Å². The Bertz CT molecular complexity index is 746. The highest BCUT2D eigenvalue weighted by Crippen LogP contribution is 2.39. The van der Waals surface area contributed by atoms with Crippen LogP contribution in [0.4, 0.5) is 13.2 Å². The van der Waals surface area contributed by atoms with Crippen LogP contribution in [-0.2, 0) is 33.2 Å². The Labute approximate surface area is 161 Å². The van der Waals surface area contributed by atoms with Crippen molar-refractivity contribution in [3.8, 4) is 0 Å². The summed E-state index contributed by atoms with van der Waals surface area (Å²) in [6, 6.07) is 8.89. The third-order valence-corrected chi connectivity index (χ3v) is 6.17. The summed E-state index contributed by atoms with van der Waals surface area (Å²) < 4.78 is 87.2. The second kappa shape index (κ2) is 7.93. The average Bonchev–Trinajstić information content (AvgIpc) is 2.63. The van der Waals surface area contributed by atoms with Gasteiger partial charge in [0.05, 0.1) is 11.4 Å². The number of halogens is 4. The fourth-order valence-electron chi connectivity index (χ4n) is 2.80. The monoisotopic (exact) mass is 476 g/mol. The van der Waals surface area contributed by atoms with Gasteiger partial charge in [0.25, 0.3) is 0 Å². The first-order valence-electron chi connectivity index (χ1n) is 7.78. The Kier molecular flexibility index (Phi) is 6.16. The van der Waals surface area contributed by atoms with Gasteiger partial charge in [-0.25, -0.2) is 0 Å². The molecular weight excluding hydrogens is 461 g/mol. The number of fused-ring (bicyclic) bond motifs is 1. The molecule has 3 rings (SSSR count). The van der Waals surface area contributed by atoms with Crippen LogP contribution in [0.3, 0.4) is 0 Å². The first-order chi connectivity index (χ1) is 12.6. The smallest absolute Gasteiger partial charge is 0.353 e. The van der Waals surface area contributed by atoms with Gasteiger partial charge in [-0.2, -0.15) is 21.6 Å². The zero-order valence-corrected chi connectivity index (χ0v) is 16.2. The molecule has 27 heavy (non-hydrogen) atoms. The molecule has 1 aromatic carbocycles. The topological polar surface area (TPSA) is 80.3 Å². The molecule has 2 saturated heterocycles. The number of methoxy groups -OCH3 is 1. The summed E-state index contributed by atoms with van der Waals surface area (Å²) in [5.74, 6) is 0. The van der Waals surface area contributed by atoms with Crippen molar-refractivity contribution in [1.29, 1.82) is 0 Å². The first-order valence-corrected chi connectivity index (χ1v) is 10.1. The summed E-state index contributed by atoms with van der Waals surface area (Å²) in [6.45, 7) is 0.0743. The van der Waals surface area contributed by atoms with Crippen LogP contribution in [0.1, 0.15) is 11.9 Å². The zero-order valence-electron chi connectivity index (χ0n) is 13.8. The molecule has 7 nitrogen and oxygen atoms in total. The van der Waals surface area contributed by atoms with Crippen LogP contribution in [0.15, 0.2) is 30.3 Å². The Hall–Kier alpha value is -0.760. The van der Waals surface area contributed by atoms with E-state index in [-0.39, 0.29) is 6.61 Å². The van der Waals surface area contributed by atoms with Crippen LogP contribution in [0, 0.1) is 0 Å². The van der Waals surface area contributed by atoms with Crippen molar-refractivity contribution in [1.82, 2.24) is 0 Å². The second-order valence-electron chi connectivity index (χ2n) is 5.86. The summed E-state index contributed by atoms with van der Waals surface area (Å²) in [4.78, 5) is -0.964. The van der Waals surface area contributed by atoms with E-state index in [9.17, 15) is 21.6 Å². The molecule has 12 heteroatoms. The van der Waals surface area contributed by atoms with E-state index in [4.69, 9.17) is 18.9 Å². The lowest BCUT2D eigenvalue weighted by Crippen LogP contribution is -2.61. The number of rotatable bonds is 4. The molecule has 1 unspecified atom stereocenters. The fourth-order valence-corrected chi connectivity index (χ4v) is 4.38. The van der Waals surface area contributed by atoms with E-state index in [1.54, 1.807) is 30.3 Å². The molecule has 2 aliphatic heterocycles. The van der Waals surface area contributed by atoms with Gasteiger partial charge in [0.15, 0.2) is 12.6 Å². The molecule has 0 saturated carbocycles. The standard InChI is InChI=1S/C15H16BrF3O7S/c1-22-14-12(26-27(20,21)15(17,18)19)10(16)11-9(24-14)7-23-13(25-11)8-5-3-2-4-6-8/h2-6,9-14H,7H2,1H3/t9-,10+,11-,12-,13-,14?/m1/s1. The summed E-state index contributed by atoms with van der Waals surface area (Å²) in [7, 11) is -4.69. The van der Waals surface area contributed by atoms with Gasteiger partial charge >= 0.3 is 15.6 Å². The molecule has 2 fully saturated rings. The molecule has 1 aromatic rings. The summed E-state index contributed by atoms with van der Waals surface area (Å²) >= 11 is 3.20. The van der Waals surface area contributed by atoms with E-state index in [2.05, 4.69) is 20.1 Å². The van der Waals surface area contributed by atoms with Gasteiger partial charge in [0, 0.05) is 12.7 Å². The summed E-state index contributed by atoms with van der Waals surface area (Å²) in [5, 5.41) is 0. The lowest BCUT2D eigenvalue weighted by atomic mass is 10.0. The Morgan fingerprint density at radius 2 is 1.85 bits per heavy atom. The minimum atomic E-state index is -5.85. The SMILES string of the molecule is COC1O[C@@H]2CO[C@@H](c3ccccc3)O[C@H]2[C@H](Br)[C@H]1OS(=O)(=O)C(F)(F)F. The maximum Gasteiger partial charge on any atom is 0.523 e. The minimum Gasteiger partial charge on any atom is -0.353 e. The maximum atomic E-state index is 12.7. The van der Waals surface area contributed by atoms with Gasteiger partial charge in [-0.3, -0.25) is 4.18 Å². The molecule has 0 amide bonds. The van der Waals surface area contributed by atoms with Crippen molar-refractivity contribution < 1.29 is 44.7 Å². The Balaban J connectivity index is 1.81. The van der Waals surface area contributed by atoms with Crippen LogP contribution < -0.4 is 0 Å². The predicted molar refractivity (Wildman–Crippen MR) is 88.2 cm³/mol. The lowest BCUT2D eigenvalue weighted by Gasteiger charge is -2.46. The van der Waals surface area contributed by atoms with Crippen LogP contribution >= 0.6 is 15.9 Å². The molecule has 152 valence electrons. The number of hydrogen-bond donors (Lipinski definition) is 0. The highest BCUT2D eigenvalue weighted by atomic mass is 79.9. The quantitative estimate of drug-likeness (QED) is 0.375. The van der Waals surface area contributed by atoms with Crippen molar-refractivity contribution in [2.24, 2.45) is 0 Å². The molecule has 2 aliphatic rings. The Morgan fingerprint density at radius 3 is 2.44 bits per heavy atom. The Morgan fingerprint density at radius 1 is 1.19 bits per heavy atom. The van der Waals surface area contributed by atoms with Crippen molar-refractivity contribution in [3.63, 3.8) is 0 Å². The first kappa shape index (κ1) is 21.0. The molecule has 6 atom stereocenters.